The Balaban J connectivity index is 1.46. The quantitative estimate of drug-likeness (QED) is 0.791. The number of likely N-dealkylation sites (tertiary alicyclic amines) is 1. The maximum atomic E-state index is 12.6. The summed E-state index contributed by atoms with van der Waals surface area (Å²) in [6, 6.07) is 1.02. The molecule has 0 aromatic heterocycles. The van der Waals surface area contributed by atoms with Crippen LogP contribution in [0.25, 0.3) is 0 Å². The molecule has 3 fully saturated rings. The smallest absolute Gasteiger partial charge is 0.227 e. The summed E-state index contributed by atoms with van der Waals surface area (Å²) in [5, 5.41) is 6.43. The monoisotopic (exact) mass is 279 g/mol. The average molecular weight is 279 g/mol. The van der Waals surface area contributed by atoms with Gasteiger partial charge in [-0.25, -0.2) is 0 Å². The van der Waals surface area contributed by atoms with Gasteiger partial charge in [0, 0.05) is 38.6 Å². The summed E-state index contributed by atoms with van der Waals surface area (Å²) in [6.07, 6.45) is 5.48. The highest BCUT2D eigenvalue weighted by molar-refractivity contribution is 5.80. The highest BCUT2D eigenvalue weighted by Crippen LogP contribution is 2.35. The van der Waals surface area contributed by atoms with E-state index in [1.807, 2.05) is 0 Å². The molecule has 2 N–H and O–H groups in total. The van der Waals surface area contributed by atoms with Gasteiger partial charge in [0.25, 0.3) is 0 Å². The average Bonchev–Trinajstić information content (AvgIpc) is 3.07. The Labute approximate surface area is 120 Å². The number of piperidine rings is 1. The van der Waals surface area contributed by atoms with Gasteiger partial charge >= 0.3 is 0 Å². The van der Waals surface area contributed by atoms with E-state index in [1.54, 1.807) is 6.92 Å². The lowest BCUT2D eigenvalue weighted by atomic mass is 9.87. The molecule has 3 unspecified atom stereocenters. The molecule has 112 valence electrons. The van der Waals surface area contributed by atoms with Crippen LogP contribution in [0.5, 0.6) is 0 Å². The van der Waals surface area contributed by atoms with E-state index in [0.717, 1.165) is 38.9 Å². The van der Waals surface area contributed by atoms with Crippen LogP contribution in [-0.4, -0.2) is 48.4 Å². The number of carbonyl (C=O) groups excluding carboxylic acids is 2. The predicted molar refractivity (Wildman–Crippen MR) is 76.0 cm³/mol. The molecule has 3 rings (SSSR count). The van der Waals surface area contributed by atoms with Crippen molar-refractivity contribution >= 4 is 11.8 Å². The molecule has 0 aromatic rings. The van der Waals surface area contributed by atoms with Gasteiger partial charge in [0.05, 0.1) is 5.92 Å². The maximum Gasteiger partial charge on any atom is 0.227 e. The molecule has 3 atom stereocenters. The van der Waals surface area contributed by atoms with Crippen LogP contribution in [0.15, 0.2) is 0 Å². The molecular formula is C15H25N3O2. The first-order chi connectivity index (χ1) is 9.63. The Morgan fingerprint density at radius 3 is 2.50 bits per heavy atom. The van der Waals surface area contributed by atoms with Crippen molar-refractivity contribution in [2.75, 3.05) is 19.6 Å². The van der Waals surface area contributed by atoms with Gasteiger partial charge < -0.3 is 15.5 Å². The molecular weight excluding hydrogens is 254 g/mol. The third-order valence-corrected chi connectivity index (χ3v) is 5.18. The zero-order valence-electron chi connectivity index (χ0n) is 12.2. The minimum absolute atomic E-state index is 0.0385. The van der Waals surface area contributed by atoms with Crippen LogP contribution in [-0.2, 0) is 9.59 Å². The van der Waals surface area contributed by atoms with Gasteiger partial charge in [-0.3, -0.25) is 9.59 Å². The minimum atomic E-state index is 0.0385. The van der Waals surface area contributed by atoms with Crippen molar-refractivity contribution in [2.45, 2.75) is 51.1 Å². The zero-order valence-corrected chi connectivity index (χ0v) is 12.2. The first-order valence-corrected chi connectivity index (χ1v) is 7.92. The normalized spacial score (nSPS) is 33.5. The zero-order chi connectivity index (χ0) is 14.1. The highest BCUT2D eigenvalue weighted by atomic mass is 16.2. The molecule has 3 aliphatic heterocycles. The van der Waals surface area contributed by atoms with E-state index in [-0.39, 0.29) is 11.8 Å². The summed E-state index contributed by atoms with van der Waals surface area (Å²) in [5.74, 6) is 1.15. The molecule has 0 saturated carbocycles. The van der Waals surface area contributed by atoms with Crippen molar-refractivity contribution < 1.29 is 9.59 Å². The largest absolute Gasteiger partial charge is 0.356 e. The lowest BCUT2D eigenvalue weighted by Crippen LogP contribution is -2.46. The summed E-state index contributed by atoms with van der Waals surface area (Å²) >= 11 is 0. The Morgan fingerprint density at radius 1 is 1.20 bits per heavy atom. The molecule has 5 nitrogen and oxygen atoms in total. The topological polar surface area (TPSA) is 61.4 Å². The van der Waals surface area contributed by atoms with Gasteiger partial charge in [-0.1, -0.05) is 0 Å². The van der Waals surface area contributed by atoms with E-state index in [0.29, 0.717) is 23.9 Å². The van der Waals surface area contributed by atoms with E-state index >= 15 is 0 Å². The van der Waals surface area contributed by atoms with Gasteiger partial charge in [-0.2, -0.15) is 0 Å². The Kier molecular flexibility index (Phi) is 3.96. The van der Waals surface area contributed by atoms with Crippen LogP contribution in [0.3, 0.4) is 0 Å². The molecule has 3 saturated heterocycles. The van der Waals surface area contributed by atoms with Crippen molar-refractivity contribution in [3.8, 4) is 0 Å². The summed E-state index contributed by atoms with van der Waals surface area (Å²) < 4.78 is 0. The number of hydrogen-bond acceptors (Lipinski definition) is 3. The van der Waals surface area contributed by atoms with Crippen molar-refractivity contribution in [3.05, 3.63) is 0 Å². The van der Waals surface area contributed by atoms with Gasteiger partial charge in [0.15, 0.2) is 0 Å². The second-order valence-corrected chi connectivity index (χ2v) is 6.60. The van der Waals surface area contributed by atoms with Gasteiger partial charge in [0.2, 0.25) is 11.8 Å². The third kappa shape index (κ3) is 2.82. The first kappa shape index (κ1) is 13.9. The van der Waals surface area contributed by atoms with Crippen LogP contribution in [0.1, 0.15) is 39.0 Å². The Bertz CT molecular complexity index is 391. The number of carbonyl (C=O) groups is 2. The fourth-order valence-electron chi connectivity index (χ4n) is 3.98. The van der Waals surface area contributed by atoms with Crippen LogP contribution < -0.4 is 10.6 Å². The first-order valence-electron chi connectivity index (χ1n) is 7.92. The van der Waals surface area contributed by atoms with E-state index in [9.17, 15) is 9.59 Å². The van der Waals surface area contributed by atoms with Crippen molar-refractivity contribution in [3.63, 3.8) is 0 Å². The van der Waals surface area contributed by atoms with E-state index in [1.165, 1.54) is 12.8 Å². The van der Waals surface area contributed by atoms with Crippen LogP contribution in [0, 0.1) is 11.8 Å². The molecule has 20 heavy (non-hydrogen) atoms. The van der Waals surface area contributed by atoms with Crippen molar-refractivity contribution in [1.29, 1.82) is 0 Å². The Morgan fingerprint density at radius 2 is 1.95 bits per heavy atom. The third-order valence-electron chi connectivity index (χ3n) is 5.18. The molecule has 0 radical (unpaired) electrons. The molecule has 3 aliphatic rings. The van der Waals surface area contributed by atoms with Gasteiger partial charge in [-0.15, -0.1) is 0 Å². The van der Waals surface area contributed by atoms with Crippen LogP contribution in [0.4, 0.5) is 0 Å². The molecule has 0 spiro atoms. The number of rotatable bonds is 3. The molecule has 2 bridgehead atoms. The second-order valence-electron chi connectivity index (χ2n) is 6.60. The van der Waals surface area contributed by atoms with E-state index in [2.05, 4.69) is 15.5 Å². The lowest BCUT2D eigenvalue weighted by molar-refractivity contribution is -0.137. The molecule has 0 aliphatic carbocycles. The van der Waals surface area contributed by atoms with Crippen molar-refractivity contribution in [2.24, 2.45) is 11.8 Å². The van der Waals surface area contributed by atoms with Crippen molar-refractivity contribution in [1.82, 2.24) is 15.5 Å². The number of amides is 2. The number of nitrogens with zero attached hydrogens (tertiary/aromatic N) is 1. The SMILES string of the molecule is CC(=O)NCC1CCN(C(=O)C2CC3CCC2N3)CC1. The van der Waals surface area contributed by atoms with E-state index < -0.39 is 0 Å². The molecule has 3 heterocycles. The fraction of sp³-hybridized carbons (Fsp3) is 0.867. The second kappa shape index (κ2) is 5.72. The fourth-order valence-corrected chi connectivity index (χ4v) is 3.98. The summed E-state index contributed by atoms with van der Waals surface area (Å²) in [5.41, 5.74) is 0. The standard InChI is InChI=1S/C15H25N3O2/c1-10(19)16-9-11-4-6-18(7-5-11)15(20)13-8-12-2-3-14(13)17-12/h11-14,17H,2-9H2,1H3,(H,16,19). The Hall–Kier alpha value is -1.10. The molecule has 2 amide bonds. The number of fused-ring (bicyclic) bond motifs is 2. The van der Waals surface area contributed by atoms with Gasteiger partial charge in [-0.05, 0) is 38.0 Å². The van der Waals surface area contributed by atoms with Gasteiger partial charge in [0.1, 0.15) is 0 Å². The number of hydrogen-bond donors (Lipinski definition) is 2. The summed E-state index contributed by atoms with van der Waals surface area (Å²) in [6.45, 7) is 4.03. The van der Waals surface area contributed by atoms with Crippen LogP contribution in [0.2, 0.25) is 0 Å². The van der Waals surface area contributed by atoms with E-state index in [4.69, 9.17) is 0 Å². The predicted octanol–water partition coefficient (Wildman–Crippen LogP) is 0.502. The maximum absolute atomic E-state index is 12.6. The summed E-state index contributed by atoms with van der Waals surface area (Å²) in [4.78, 5) is 25.6. The molecule has 0 aromatic carbocycles. The lowest BCUT2D eigenvalue weighted by Gasteiger charge is -2.35. The highest BCUT2D eigenvalue weighted by Gasteiger charge is 2.44. The summed E-state index contributed by atoms with van der Waals surface area (Å²) in [7, 11) is 0. The number of nitrogens with one attached hydrogen (secondary N) is 2. The van der Waals surface area contributed by atoms with Crippen LogP contribution >= 0.6 is 0 Å². The minimum Gasteiger partial charge on any atom is -0.356 e. The molecule has 5 heteroatoms.